The lowest BCUT2D eigenvalue weighted by molar-refractivity contribution is 1.70. The van der Waals surface area contributed by atoms with Crippen molar-refractivity contribution in [1.29, 1.82) is 0 Å². The summed E-state index contributed by atoms with van der Waals surface area (Å²) in [6.45, 7) is 12.0. The van der Waals surface area contributed by atoms with Crippen LogP contribution < -0.4 is 0 Å². The number of rotatable bonds is 5. The van der Waals surface area contributed by atoms with Gasteiger partial charge in [0.05, 0.1) is 0 Å². The van der Waals surface area contributed by atoms with Gasteiger partial charge in [0.2, 0.25) is 0 Å². The highest BCUT2D eigenvalue weighted by Crippen LogP contribution is 2.37. The summed E-state index contributed by atoms with van der Waals surface area (Å²) < 4.78 is 0. The molecule has 3 aromatic rings. The van der Waals surface area contributed by atoms with Gasteiger partial charge in [-0.3, -0.25) is 0 Å². The van der Waals surface area contributed by atoms with Crippen molar-refractivity contribution in [1.82, 2.24) is 0 Å². The van der Waals surface area contributed by atoms with Gasteiger partial charge >= 0.3 is 0 Å². The molecular weight excluding hydrogens is 288 g/mol. The molecule has 0 saturated heterocycles. The molecule has 0 amide bonds. The zero-order valence-electron chi connectivity index (χ0n) is 13.7. The average Bonchev–Trinajstić information content (AvgIpc) is 2.63. The van der Waals surface area contributed by atoms with E-state index in [1.807, 2.05) is 30.4 Å². The van der Waals surface area contributed by atoms with Crippen LogP contribution in [-0.2, 0) is 0 Å². The first kappa shape index (κ1) is 15.8. The molecule has 0 fully saturated rings. The van der Waals surface area contributed by atoms with E-state index >= 15 is 0 Å². The van der Waals surface area contributed by atoms with Gasteiger partial charge in [0.15, 0.2) is 0 Å². The molecule has 0 nitrogen and oxygen atoms in total. The normalized spacial score (nSPS) is 11.5. The van der Waals surface area contributed by atoms with Gasteiger partial charge in [0.25, 0.3) is 0 Å². The number of benzene rings is 3. The minimum atomic E-state index is 0.992. The molecule has 0 aromatic heterocycles. The molecule has 116 valence electrons. The third kappa shape index (κ3) is 2.75. The van der Waals surface area contributed by atoms with Gasteiger partial charge in [-0.2, -0.15) is 0 Å². The Bertz CT molecular complexity index is 940. The predicted molar refractivity (Wildman–Crippen MR) is 109 cm³/mol. The Balaban J connectivity index is 2.34. The van der Waals surface area contributed by atoms with Crippen molar-refractivity contribution < 1.29 is 0 Å². The highest BCUT2D eigenvalue weighted by molar-refractivity contribution is 6.15. The number of allylic oxidation sites excluding steroid dienone is 6. The first-order valence-electron chi connectivity index (χ1n) is 7.99. The van der Waals surface area contributed by atoms with Gasteiger partial charge in [0.1, 0.15) is 0 Å². The molecule has 0 saturated carbocycles. The van der Waals surface area contributed by atoms with Crippen molar-refractivity contribution in [3.63, 3.8) is 0 Å². The number of fused-ring (bicyclic) bond motifs is 2. The van der Waals surface area contributed by atoms with Crippen molar-refractivity contribution >= 4 is 33.2 Å². The van der Waals surface area contributed by atoms with Crippen LogP contribution in [0.1, 0.15) is 11.1 Å². The van der Waals surface area contributed by atoms with Crippen LogP contribution in [0.5, 0.6) is 0 Å². The summed E-state index contributed by atoms with van der Waals surface area (Å²) >= 11 is 0. The molecule has 0 heterocycles. The maximum Gasteiger partial charge on any atom is -0.00323 e. The van der Waals surface area contributed by atoms with Crippen molar-refractivity contribution in [2.45, 2.75) is 0 Å². The van der Waals surface area contributed by atoms with E-state index in [9.17, 15) is 0 Å². The van der Waals surface area contributed by atoms with Crippen LogP contribution in [0.2, 0.25) is 0 Å². The van der Waals surface area contributed by atoms with E-state index in [0.717, 1.165) is 5.57 Å². The predicted octanol–water partition coefficient (Wildman–Crippen LogP) is 6.95. The Kier molecular flexibility index (Phi) is 4.58. The summed E-state index contributed by atoms with van der Waals surface area (Å²) in [5.74, 6) is 0. The third-order valence-electron chi connectivity index (χ3n) is 4.15. The van der Waals surface area contributed by atoms with Crippen molar-refractivity contribution in [3.05, 3.63) is 110 Å². The lowest BCUT2D eigenvalue weighted by Crippen LogP contribution is -1.91. The number of hydrogen-bond donors (Lipinski definition) is 0. The Labute approximate surface area is 143 Å². The summed E-state index contributed by atoms with van der Waals surface area (Å²) in [7, 11) is 0. The second-order valence-electron chi connectivity index (χ2n) is 5.59. The van der Waals surface area contributed by atoms with Crippen LogP contribution in [0, 0.1) is 0 Å². The number of hydrogen-bond acceptors (Lipinski definition) is 0. The molecule has 0 unspecified atom stereocenters. The minimum Gasteiger partial charge on any atom is -0.0991 e. The first-order valence-corrected chi connectivity index (χ1v) is 7.99. The monoisotopic (exact) mass is 308 g/mol. The Morgan fingerprint density at radius 3 is 1.75 bits per heavy atom. The largest absolute Gasteiger partial charge is 0.0991 e. The molecular formula is C24H20. The standard InChI is InChI=1S/C24H20/c1-4-6-7-8-13-18(3)24-22-16-11-9-14-20(22)19(5-2)21-15-10-12-17-23(21)24/h4-17H,1-3H2/b7-6+,13-8-. The minimum absolute atomic E-state index is 0.992. The molecule has 0 aliphatic heterocycles. The summed E-state index contributed by atoms with van der Waals surface area (Å²) in [5.41, 5.74) is 3.34. The van der Waals surface area contributed by atoms with E-state index in [-0.39, 0.29) is 0 Å². The van der Waals surface area contributed by atoms with Gasteiger partial charge in [0, 0.05) is 0 Å². The van der Waals surface area contributed by atoms with Crippen molar-refractivity contribution in [2.24, 2.45) is 0 Å². The van der Waals surface area contributed by atoms with Crippen LogP contribution in [0.15, 0.2) is 98.6 Å². The maximum absolute atomic E-state index is 4.31. The van der Waals surface area contributed by atoms with E-state index in [4.69, 9.17) is 0 Å². The SMILES string of the molecule is C=C/C=C/C=C\C(=C)c1c2ccccc2c(C=C)c2ccccc12. The molecule has 0 spiro atoms. The van der Waals surface area contributed by atoms with E-state index in [0.29, 0.717) is 0 Å². The van der Waals surface area contributed by atoms with Gasteiger partial charge < -0.3 is 0 Å². The molecule has 0 bridgehead atoms. The fourth-order valence-electron chi connectivity index (χ4n) is 3.13. The van der Waals surface area contributed by atoms with Crippen molar-refractivity contribution in [2.75, 3.05) is 0 Å². The quantitative estimate of drug-likeness (QED) is 0.353. The third-order valence-corrected chi connectivity index (χ3v) is 4.15. The lowest BCUT2D eigenvalue weighted by atomic mass is 9.88. The zero-order chi connectivity index (χ0) is 16.9. The molecule has 24 heavy (non-hydrogen) atoms. The molecule has 3 rings (SSSR count). The zero-order valence-corrected chi connectivity index (χ0v) is 13.7. The molecule has 0 aliphatic rings. The van der Waals surface area contributed by atoms with Gasteiger partial charge in [-0.1, -0.05) is 105 Å². The van der Waals surface area contributed by atoms with Crippen LogP contribution in [0.25, 0.3) is 33.2 Å². The Morgan fingerprint density at radius 1 is 0.708 bits per heavy atom. The average molecular weight is 308 g/mol. The molecule has 0 radical (unpaired) electrons. The Hall–Kier alpha value is -3.12. The van der Waals surface area contributed by atoms with E-state index < -0.39 is 0 Å². The summed E-state index contributed by atoms with van der Waals surface area (Å²) in [6, 6.07) is 16.9. The lowest BCUT2D eigenvalue weighted by Gasteiger charge is -2.15. The highest BCUT2D eigenvalue weighted by atomic mass is 14.2. The molecule has 0 N–H and O–H groups in total. The van der Waals surface area contributed by atoms with Gasteiger partial charge in [-0.25, -0.2) is 0 Å². The topological polar surface area (TPSA) is 0 Å². The second kappa shape index (κ2) is 6.97. The fraction of sp³-hybridized carbons (Fsp3) is 0. The van der Waals surface area contributed by atoms with Crippen LogP contribution in [0.3, 0.4) is 0 Å². The van der Waals surface area contributed by atoms with Gasteiger partial charge in [-0.05, 0) is 38.2 Å². The Morgan fingerprint density at radius 2 is 1.25 bits per heavy atom. The van der Waals surface area contributed by atoms with Crippen LogP contribution in [-0.4, -0.2) is 0 Å². The van der Waals surface area contributed by atoms with Gasteiger partial charge in [-0.15, -0.1) is 0 Å². The van der Waals surface area contributed by atoms with Crippen LogP contribution >= 0.6 is 0 Å². The van der Waals surface area contributed by atoms with E-state index in [1.54, 1.807) is 6.08 Å². The van der Waals surface area contributed by atoms with Crippen molar-refractivity contribution in [3.8, 4) is 0 Å². The van der Waals surface area contributed by atoms with E-state index in [1.165, 1.54) is 32.7 Å². The summed E-state index contributed by atoms with van der Waals surface area (Å²) in [6.07, 6.45) is 11.6. The summed E-state index contributed by atoms with van der Waals surface area (Å²) in [4.78, 5) is 0. The van der Waals surface area contributed by atoms with Crippen LogP contribution in [0.4, 0.5) is 0 Å². The smallest absolute Gasteiger partial charge is 0.00323 e. The molecule has 0 heteroatoms. The molecule has 0 aliphatic carbocycles. The highest BCUT2D eigenvalue weighted by Gasteiger charge is 2.12. The second-order valence-corrected chi connectivity index (χ2v) is 5.59. The molecule has 0 atom stereocenters. The summed E-state index contributed by atoms with van der Waals surface area (Å²) in [5, 5.41) is 4.82. The van der Waals surface area contributed by atoms with E-state index in [2.05, 4.69) is 68.3 Å². The fourth-order valence-corrected chi connectivity index (χ4v) is 3.13. The maximum atomic E-state index is 4.31. The first-order chi connectivity index (χ1) is 11.8. The molecule has 3 aromatic carbocycles.